The number of halogens is 1. The maximum atomic E-state index is 11.1. The van der Waals surface area contributed by atoms with E-state index in [4.69, 9.17) is 23.1 Å². The van der Waals surface area contributed by atoms with Crippen molar-refractivity contribution in [1.29, 1.82) is 0 Å². The van der Waals surface area contributed by atoms with Crippen LogP contribution < -0.4 is 11.5 Å². The molecule has 0 unspecified atom stereocenters. The highest BCUT2D eigenvalue weighted by molar-refractivity contribution is 6.31. The van der Waals surface area contributed by atoms with Crippen molar-refractivity contribution < 1.29 is 4.92 Å². The lowest BCUT2D eigenvalue weighted by molar-refractivity contribution is -0.385. The van der Waals surface area contributed by atoms with Crippen molar-refractivity contribution in [2.24, 2.45) is 0 Å². The molecule has 104 valence electrons. The Hall–Kier alpha value is -2.41. The van der Waals surface area contributed by atoms with E-state index in [0.29, 0.717) is 5.02 Å². The molecule has 4 N–H and O–H groups in total. The Bertz CT molecular complexity index is 690. The van der Waals surface area contributed by atoms with Crippen molar-refractivity contribution in [2.45, 2.75) is 13.3 Å². The van der Waals surface area contributed by atoms with Crippen LogP contribution in [0.4, 0.5) is 17.5 Å². The molecule has 0 spiro atoms. The van der Waals surface area contributed by atoms with Crippen molar-refractivity contribution in [1.82, 2.24) is 9.97 Å². The summed E-state index contributed by atoms with van der Waals surface area (Å²) in [5.74, 6) is -0.333. The fourth-order valence-corrected chi connectivity index (χ4v) is 2.08. The van der Waals surface area contributed by atoms with Crippen LogP contribution in [0.25, 0.3) is 0 Å². The molecule has 1 aromatic carbocycles. The summed E-state index contributed by atoms with van der Waals surface area (Å²) in [6.07, 6.45) is 0.208. The highest BCUT2D eigenvalue weighted by Gasteiger charge is 2.23. The maximum absolute atomic E-state index is 11.1. The molecule has 7 nitrogen and oxygen atoms in total. The van der Waals surface area contributed by atoms with E-state index in [9.17, 15) is 10.1 Å². The Morgan fingerprint density at radius 2 is 2.05 bits per heavy atom. The molecule has 2 rings (SSSR count). The predicted octanol–water partition coefficient (Wildman–Crippen LogP) is 2.10. The number of nitrogen functional groups attached to an aromatic ring is 2. The third-order valence-corrected chi connectivity index (χ3v) is 3.33. The second-order valence-electron chi connectivity index (χ2n) is 4.22. The number of nitrogens with zero attached hydrogens (tertiary/aromatic N) is 3. The second-order valence-corrected chi connectivity index (χ2v) is 4.63. The van der Waals surface area contributed by atoms with Crippen LogP contribution in [0.3, 0.4) is 0 Å². The van der Waals surface area contributed by atoms with Crippen LogP contribution in [-0.4, -0.2) is 14.9 Å². The topological polar surface area (TPSA) is 121 Å². The van der Waals surface area contributed by atoms with Gasteiger partial charge in [0.25, 0.3) is 0 Å². The van der Waals surface area contributed by atoms with E-state index in [1.165, 1.54) is 0 Å². The number of anilines is 2. The van der Waals surface area contributed by atoms with E-state index in [1.54, 1.807) is 12.1 Å². The summed E-state index contributed by atoms with van der Waals surface area (Å²) in [4.78, 5) is 18.0. The molecule has 0 atom stereocenters. The normalized spacial score (nSPS) is 10.5. The van der Waals surface area contributed by atoms with Gasteiger partial charge in [-0.2, -0.15) is 4.98 Å². The standard InChI is InChI=1S/C12H12ClN5O2/c1-6-7(3-2-4-8(6)13)5-9-10(18(19)20)11(14)17-12(15)16-9/h2-4H,5H2,1H3,(H4,14,15,16,17). The molecular formula is C12H12ClN5O2. The van der Waals surface area contributed by atoms with E-state index in [1.807, 2.05) is 13.0 Å². The fraction of sp³-hybridized carbons (Fsp3) is 0.167. The summed E-state index contributed by atoms with van der Waals surface area (Å²) in [7, 11) is 0. The molecular weight excluding hydrogens is 282 g/mol. The van der Waals surface area contributed by atoms with Gasteiger partial charge in [0.05, 0.1) is 4.92 Å². The van der Waals surface area contributed by atoms with Gasteiger partial charge in [0.2, 0.25) is 11.8 Å². The molecule has 1 aromatic heterocycles. The van der Waals surface area contributed by atoms with Crippen LogP contribution in [0.1, 0.15) is 16.8 Å². The minimum atomic E-state index is -0.607. The molecule has 0 bridgehead atoms. The molecule has 0 saturated heterocycles. The molecule has 0 amide bonds. The van der Waals surface area contributed by atoms with E-state index >= 15 is 0 Å². The number of nitrogens with two attached hydrogens (primary N) is 2. The Morgan fingerprint density at radius 3 is 2.70 bits per heavy atom. The zero-order chi connectivity index (χ0) is 14.9. The molecule has 0 aliphatic carbocycles. The SMILES string of the molecule is Cc1c(Cl)cccc1Cc1nc(N)nc(N)c1[N+](=O)[O-]. The van der Waals surface area contributed by atoms with Crippen molar-refractivity contribution in [3.63, 3.8) is 0 Å². The number of benzene rings is 1. The third kappa shape index (κ3) is 2.62. The monoisotopic (exact) mass is 293 g/mol. The largest absolute Gasteiger partial charge is 0.378 e. The van der Waals surface area contributed by atoms with Crippen molar-refractivity contribution in [3.05, 3.63) is 50.2 Å². The molecule has 0 saturated carbocycles. The highest BCUT2D eigenvalue weighted by Crippen LogP contribution is 2.28. The summed E-state index contributed by atoms with van der Waals surface area (Å²) in [6, 6.07) is 5.33. The van der Waals surface area contributed by atoms with E-state index in [-0.39, 0.29) is 29.6 Å². The quantitative estimate of drug-likeness (QED) is 0.660. The molecule has 2 aromatic rings. The van der Waals surface area contributed by atoms with E-state index in [0.717, 1.165) is 11.1 Å². The second kappa shape index (κ2) is 5.30. The molecule has 0 aliphatic heterocycles. The van der Waals surface area contributed by atoms with Crippen molar-refractivity contribution >= 4 is 29.1 Å². The first-order chi connectivity index (χ1) is 9.40. The Kier molecular flexibility index (Phi) is 3.71. The Morgan fingerprint density at radius 1 is 1.35 bits per heavy atom. The van der Waals surface area contributed by atoms with Gasteiger partial charge in [0.15, 0.2) is 0 Å². The number of aromatic nitrogens is 2. The minimum absolute atomic E-state index is 0.0946. The minimum Gasteiger partial charge on any atom is -0.378 e. The first-order valence-electron chi connectivity index (χ1n) is 5.70. The van der Waals surface area contributed by atoms with Gasteiger partial charge in [-0.05, 0) is 24.1 Å². The van der Waals surface area contributed by atoms with Crippen LogP contribution in [0.15, 0.2) is 18.2 Å². The van der Waals surface area contributed by atoms with Gasteiger partial charge in [-0.25, -0.2) is 4.98 Å². The summed E-state index contributed by atoms with van der Waals surface area (Å²) in [5.41, 5.74) is 12.5. The van der Waals surface area contributed by atoms with Crippen LogP contribution in [0.2, 0.25) is 5.02 Å². The first-order valence-corrected chi connectivity index (χ1v) is 6.08. The molecule has 20 heavy (non-hydrogen) atoms. The summed E-state index contributed by atoms with van der Waals surface area (Å²) in [5, 5.41) is 11.7. The van der Waals surface area contributed by atoms with Gasteiger partial charge >= 0.3 is 5.69 Å². The van der Waals surface area contributed by atoms with Crippen molar-refractivity contribution in [2.75, 3.05) is 11.5 Å². The number of rotatable bonds is 3. The third-order valence-electron chi connectivity index (χ3n) is 2.92. The first kappa shape index (κ1) is 14.0. The Balaban J connectivity index is 2.53. The van der Waals surface area contributed by atoms with Gasteiger partial charge in [-0.15, -0.1) is 0 Å². The van der Waals surface area contributed by atoms with Gasteiger partial charge in [-0.1, -0.05) is 23.7 Å². The molecule has 1 heterocycles. The van der Waals surface area contributed by atoms with Gasteiger partial charge in [-0.3, -0.25) is 10.1 Å². The van der Waals surface area contributed by atoms with Crippen molar-refractivity contribution in [3.8, 4) is 0 Å². The molecule has 0 aliphatic rings. The predicted molar refractivity (Wildman–Crippen MR) is 76.5 cm³/mol. The lowest BCUT2D eigenvalue weighted by Gasteiger charge is -2.08. The number of nitro groups is 1. The highest BCUT2D eigenvalue weighted by atomic mass is 35.5. The van der Waals surface area contributed by atoms with Gasteiger partial charge < -0.3 is 11.5 Å². The Labute approximate surface area is 119 Å². The van der Waals surface area contributed by atoms with Gasteiger partial charge in [0.1, 0.15) is 5.69 Å². The summed E-state index contributed by atoms with van der Waals surface area (Å²) >= 11 is 6.03. The number of hydrogen-bond donors (Lipinski definition) is 2. The van der Waals surface area contributed by atoms with Crippen LogP contribution in [-0.2, 0) is 6.42 Å². The molecule has 8 heteroatoms. The van der Waals surface area contributed by atoms with Crippen LogP contribution in [0, 0.1) is 17.0 Å². The van der Waals surface area contributed by atoms with Gasteiger partial charge in [0, 0.05) is 11.4 Å². The maximum Gasteiger partial charge on any atom is 0.332 e. The van der Waals surface area contributed by atoms with E-state index < -0.39 is 4.92 Å². The fourth-order valence-electron chi connectivity index (χ4n) is 1.89. The number of hydrogen-bond acceptors (Lipinski definition) is 6. The average molecular weight is 294 g/mol. The summed E-state index contributed by atoms with van der Waals surface area (Å²) < 4.78 is 0. The molecule has 0 fully saturated rings. The zero-order valence-electron chi connectivity index (χ0n) is 10.6. The zero-order valence-corrected chi connectivity index (χ0v) is 11.4. The van der Waals surface area contributed by atoms with Crippen LogP contribution >= 0.6 is 11.6 Å². The lowest BCUT2D eigenvalue weighted by Crippen LogP contribution is -2.09. The van der Waals surface area contributed by atoms with Crippen LogP contribution in [0.5, 0.6) is 0 Å². The summed E-state index contributed by atoms with van der Waals surface area (Å²) in [6.45, 7) is 1.83. The average Bonchev–Trinajstić information content (AvgIpc) is 2.33. The lowest BCUT2D eigenvalue weighted by atomic mass is 10.0. The smallest absolute Gasteiger partial charge is 0.332 e. The van der Waals surface area contributed by atoms with E-state index in [2.05, 4.69) is 9.97 Å². The molecule has 0 radical (unpaired) electrons.